The Morgan fingerprint density at radius 2 is 1.74 bits per heavy atom. The van der Waals surface area contributed by atoms with E-state index >= 15 is 0 Å². The van der Waals surface area contributed by atoms with Crippen LogP contribution in [0.25, 0.3) is 0 Å². The molecule has 0 fully saturated rings. The van der Waals surface area contributed by atoms with Gasteiger partial charge in [0.2, 0.25) is 11.7 Å². The Kier molecular flexibility index (Phi) is 9.57. The maximum Gasteiger partial charge on any atom is 0.295 e. The molecule has 1 amide bonds. The maximum atomic E-state index is 12.5. The summed E-state index contributed by atoms with van der Waals surface area (Å²) in [5.41, 5.74) is 0.822. The van der Waals surface area contributed by atoms with Crippen LogP contribution in [0.2, 0.25) is 0 Å². The molecule has 0 aliphatic heterocycles. The number of benzene rings is 1. The lowest BCUT2D eigenvalue weighted by atomic mass is 10.0. The van der Waals surface area contributed by atoms with Crippen LogP contribution in [-0.2, 0) is 31.6 Å². The second kappa shape index (κ2) is 12.6. The first-order chi connectivity index (χ1) is 20.0. The molecule has 2 aromatic heterocycles. The lowest BCUT2D eigenvalue weighted by Gasteiger charge is -2.17. The van der Waals surface area contributed by atoms with Crippen LogP contribution in [0.1, 0.15) is 41.9 Å². The van der Waals surface area contributed by atoms with Crippen LogP contribution in [0.15, 0.2) is 27.4 Å². The number of amides is 1. The van der Waals surface area contributed by atoms with Crippen LogP contribution in [0.4, 0.5) is 29.1 Å². The van der Waals surface area contributed by atoms with Gasteiger partial charge in [-0.05, 0) is 37.5 Å². The zero-order chi connectivity index (χ0) is 32.3. The average molecular weight is 631 g/mol. The molecular formula is C24H26N10O7S2. The van der Waals surface area contributed by atoms with Crippen molar-refractivity contribution in [2.24, 2.45) is 16.1 Å². The van der Waals surface area contributed by atoms with Crippen molar-refractivity contribution < 1.29 is 30.7 Å². The molecule has 0 atom stereocenters. The van der Waals surface area contributed by atoms with Gasteiger partial charge in [-0.3, -0.25) is 18.5 Å². The van der Waals surface area contributed by atoms with Crippen LogP contribution in [0, 0.1) is 49.4 Å². The number of azo groups is 1. The van der Waals surface area contributed by atoms with E-state index in [1.165, 1.54) is 13.1 Å². The summed E-state index contributed by atoms with van der Waals surface area (Å²) in [6.07, 6.45) is 1.21. The van der Waals surface area contributed by atoms with Crippen molar-refractivity contribution in [3.05, 3.63) is 40.3 Å². The van der Waals surface area contributed by atoms with Crippen molar-refractivity contribution in [2.75, 3.05) is 16.4 Å². The third kappa shape index (κ3) is 7.72. The fourth-order valence-electron chi connectivity index (χ4n) is 3.97. The van der Waals surface area contributed by atoms with E-state index in [-0.39, 0.29) is 45.2 Å². The molecule has 19 heteroatoms. The standard InChI is InChI=1S/C24H26N10O7S2/c1-12(2)23(35)31-22-21(32-33-24-28-16(9-25)17(10-26)34(24)6-7-42(36,37)38)27-11-18(30-22)29-19-13(3)8-14(4)20(15(19)5)43(39,40)41/h8,11-12H,6-7H2,1-5H3,(H,36,37,38)(H,39,40,41)(H2,29,30,31,35). The monoisotopic (exact) mass is 630 g/mol. The van der Waals surface area contributed by atoms with Crippen molar-refractivity contribution in [3.63, 3.8) is 0 Å². The molecule has 0 spiro atoms. The van der Waals surface area contributed by atoms with E-state index in [1.807, 2.05) is 0 Å². The first kappa shape index (κ1) is 32.7. The summed E-state index contributed by atoms with van der Waals surface area (Å²) in [4.78, 5) is 24.6. The SMILES string of the molecule is Cc1cc(C)c(S(=O)(=O)O)c(C)c1Nc1cnc(N=Nc2nc(C#N)c(C#N)n2CCS(=O)(=O)O)c(NC(=O)C(C)C)n1. The first-order valence-electron chi connectivity index (χ1n) is 12.3. The van der Waals surface area contributed by atoms with Gasteiger partial charge in [-0.1, -0.05) is 19.9 Å². The predicted molar refractivity (Wildman–Crippen MR) is 151 cm³/mol. The second-order valence-corrected chi connectivity index (χ2v) is 12.4. The maximum absolute atomic E-state index is 12.5. The number of anilines is 3. The first-order valence-corrected chi connectivity index (χ1v) is 15.3. The van der Waals surface area contributed by atoms with Gasteiger partial charge in [0.15, 0.2) is 23.0 Å². The van der Waals surface area contributed by atoms with Crippen molar-refractivity contribution in [1.82, 2.24) is 19.5 Å². The van der Waals surface area contributed by atoms with Gasteiger partial charge < -0.3 is 10.6 Å². The van der Waals surface area contributed by atoms with Crippen molar-refractivity contribution >= 4 is 55.2 Å². The van der Waals surface area contributed by atoms with Gasteiger partial charge in [-0.15, -0.1) is 10.2 Å². The van der Waals surface area contributed by atoms with E-state index < -0.39 is 44.4 Å². The minimum absolute atomic E-state index is 0.0579. The van der Waals surface area contributed by atoms with Crippen LogP contribution in [0.3, 0.4) is 0 Å². The normalized spacial score (nSPS) is 11.9. The van der Waals surface area contributed by atoms with Crippen LogP contribution >= 0.6 is 0 Å². The van der Waals surface area contributed by atoms with E-state index in [0.717, 1.165) is 4.57 Å². The van der Waals surface area contributed by atoms with E-state index in [9.17, 15) is 36.7 Å². The number of hydrogen-bond donors (Lipinski definition) is 4. The summed E-state index contributed by atoms with van der Waals surface area (Å²) in [5, 5.41) is 32.1. The number of imidazole rings is 1. The molecule has 1 aromatic carbocycles. The molecule has 3 rings (SSSR count). The molecule has 0 radical (unpaired) electrons. The number of nitrogens with one attached hydrogen (secondary N) is 2. The number of carbonyl (C=O) groups is 1. The number of carbonyl (C=O) groups excluding carboxylic acids is 1. The molecule has 17 nitrogen and oxygen atoms in total. The molecule has 43 heavy (non-hydrogen) atoms. The summed E-state index contributed by atoms with van der Waals surface area (Å²) >= 11 is 0. The molecular weight excluding hydrogens is 604 g/mol. The third-order valence-electron chi connectivity index (χ3n) is 5.90. The largest absolute Gasteiger partial charge is 0.338 e. The van der Waals surface area contributed by atoms with E-state index in [0.29, 0.717) is 16.8 Å². The van der Waals surface area contributed by atoms with E-state index in [2.05, 4.69) is 35.8 Å². The summed E-state index contributed by atoms with van der Waals surface area (Å²) < 4.78 is 66.3. The highest BCUT2D eigenvalue weighted by molar-refractivity contribution is 7.86. The van der Waals surface area contributed by atoms with Gasteiger partial charge in [0.1, 0.15) is 17.0 Å². The number of nitriles is 2. The Morgan fingerprint density at radius 3 is 2.30 bits per heavy atom. The van der Waals surface area contributed by atoms with E-state index in [4.69, 9.17) is 4.55 Å². The number of nitrogens with zero attached hydrogens (tertiary/aromatic N) is 8. The molecule has 226 valence electrons. The molecule has 3 aromatic rings. The predicted octanol–water partition coefficient (Wildman–Crippen LogP) is 3.23. The number of hydrogen-bond acceptors (Lipinski definition) is 13. The number of rotatable bonds is 10. The Morgan fingerprint density at radius 1 is 1.07 bits per heavy atom. The van der Waals surface area contributed by atoms with Gasteiger partial charge in [0.25, 0.3) is 26.2 Å². The zero-order valence-electron chi connectivity index (χ0n) is 23.5. The minimum atomic E-state index is -4.55. The smallest absolute Gasteiger partial charge is 0.295 e. The van der Waals surface area contributed by atoms with E-state index in [1.54, 1.807) is 45.9 Å². The fourth-order valence-corrected chi connectivity index (χ4v) is 5.33. The second-order valence-electron chi connectivity index (χ2n) is 9.48. The minimum Gasteiger partial charge on any atom is -0.338 e. The zero-order valence-corrected chi connectivity index (χ0v) is 25.1. The van der Waals surface area contributed by atoms with Crippen LogP contribution < -0.4 is 10.6 Å². The van der Waals surface area contributed by atoms with Gasteiger partial charge in [0, 0.05) is 18.2 Å². The summed E-state index contributed by atoms with van der Waals surface area (Å²) in [7, 11) is -8.99. The summed E-state index contributed by atoms with van der Waals surface area (Å²) in [6, 6.07) is 4.98. The highest BCUT2D eigenvalue weighted by atomic mass is 32.2. The van der Waals surface area contributed by atoms with Crippen molar-refractivity contribution in [1.29, 1.82) is 10.5 Å². The van der Waals surface area contributed by atoms with Gasteiger partial charge >= 0.3 is 0 Å². The van der Waals surface area contributed by atoms with Gasteiger partial charge in [-0.25, -0.2) is 9.97 Å². The van der Waals surface area contributed by atoms with Crippen LogP contribution in [-0.4, -0.2) is 57.1 Å². The third-order valence-corrected chi connectivity index (χ3v) is 7.74. The lowest BCUT2D eigenvalue weighted by molar-refractivity contribution is -0.118. The highest BCUT2D eigenvalue weighted by Crippen LogP contribution is 2.33. The molecule has 0 unspecified atom stereocenters. The Labute approximate surface area is 246 Å². The molecule has 0 bridgehead atoms. The Hall–Kier alpha value is -4.82. The van der Waals surface area contributed by atoms with Crippen molar-refractivity contribution in [2.45, 2.75) is 46.1 Å². The molecule has 4 N–H and O–H groups in total. The van der Waals surface area contributed by atoms with Gasteiger partial charge in [0.05, 0.1) is 11.9 Å². The molecule has 2 heterocycles. The Balaban J connectivity index is 2.11. The van der Waals surface area contributed by atoms with Crippen molar-refractivity contribution in [3.8, 4) is 12.1 Å². The van der Waals surface area contributed by atoms with Crippen LogP contribution in [0.5, 0.6) is 0 Å². The number of aryl methyl sites for hydroxylation is 2. The topological polar surface area (TPSA) is 266 Å². The average Bonchev–Trinajstić information content (AvgIpc) is 3.24. The molecule has 0 saturated heterocycles. The summed E-state index contributed by atoms with van der Waals surface area (Å²) in [5.74, 6) is -2.48. The molecule has 0 saturated carbocycles. The highest BCUT2D eigenvalue weighted by Gasteiger charge is 2.22. The Bertz CT molecular complexity index is 1940. The quantitative estimate of drug-likeness (QED) is 0.185. The fraction of sp³-hybridized carbons (Fsp3) is 0.333. The van der Waals surface area contributed by atoms with Gasteiger partial charge in [-0.2, -0.15) is 32.3 Å². The lowest BCUT2D eigenvalue weighted by Crippen LogP contribution is -2.19. The number of aromatic nitrogens is 4. The molecule has 0 aliphatic rings. The summed E-state index contributed by atoms with van der Waals surface area (Å²) in [6.45, 7) is 7.53. The molecule has 0 aliphatic carbocycles.